The normalized spacial score (nSPS) is 32.6. The third kappa shape index (κ3) is 2.63. The second-order valence-electron chi connectivity index (χ2n) is 8.92. The van der Waals surface area contributed by atoms with E-state index in [1.165, 1.54) is 17.5 Å². The minimum absolute atomic E-state index is 0.190. The number of hydrogen-bond acceptors (Lipinski definition) is 3. The van der Waals surface area contributed by atoms with Gasteiger partial charge in [0.1, 0.15) is 5.75 Å². The summed E-state index contributed by atoms with van der Waals surface area (Å²) in [5.74, 6) is 2.99. The molecule has 3 nitrogen and oxygen atoms in total. The van der Waals surface area contributed by atoms with Gasteiger partial charge in [-0.3, -0.25) is 9.78 Å². The Kier molecular flexibility index (Phi) is 4.15. The van der Waals surface area contributed by atoms with Gasteiger partial charge in [0.2, 0.25) is 0 Å². The van der Waals surface area contributed by atoms with Crippen molar-refractivity contribution in [1.82, 2.24) is 4.98 Å². The summed E-state index contributed by atoms with van der Waals surface area (Å²) in [5, 5.41) is 0. The van der Waals surface area contributed by atoms with Gasteiger partial charge in [0, 0.05) is 17.8 Å². The molecule has 4 atom stereocenters. The first-order valence-electron chi connectivity index (χ1n) is 10.4. The summed E-state index contributed by atoms with van der Waals surface area (Å²) in [5.41, 5.74) is 4.85. The van der Waals surface area contributed by atoms with Crippen molar-refractivity contribution in [1.29, 1.82) is 0 Å². The van der Waals surface area contributed by atoms with Gasteiger partial charge in [-0.1, -0.05) is 13.0 Å². The Morgan fingerprint density at radius 2 is 2.00 bits per heavy atom. The van der Waals surface area contributed by atoms with Crippen LogP contribution in [0.4, 0.5) is 0 Å². The van der Waals surface area contributed by atoms with Crippen LogP contribution >= 0.6 is 0 Å². The molecule has 0 amide bonds. The lowest BCUT2D eigenvalue weighted by molar-refractivity contribution is -0.127. The Bertz CT molecular complexity index is 948. The molecule has 3 heteroatoms. The molecule has 0 bridgehead atoms. The molecular weight excluding hydrogens is 346 g/mol. The maximum absolute atomic E-state index is 13.4. The number of allylic oxidation sites excluding steroid dienone is 1. The smallest absolute Gasteiger partial charge is 0.165 e. The maximum atomic E-state index is 13.4. The van der Waals surface area contributed by atoms with Crippen LogP contribution in [-0.2, 0) is 11.2 Å². The molecule has 28 heavy (non-hydrogen) atoms. The van der Waals surface area contributed by atoms with Crippen molar-refractivity contribution in [2.75, 3.05) is 7.11 Å². The van der Waals surface area contributed by atoms with E-state index in [0.29, 0.717) is 23.5 Å². The van der Waals surface area contributed by atoms with Gasteiger partial charge < -0.3 is 4.74 Å². The number of aromatic nitrogens is 1. The monoisotopic (exact) mass is 373 g/mol. The minimum Gasteiger partial charge on any atom is -0.497 e. The number of methoxy groups -OCH3 is 1. The average Bonchev–Trinajstić information content (AvgIpc) is 2.99. The van der Waals surface area contributed by atoms with Crippen molar-refractivity contribution in [3.8, 4) is 5.75 Å². The van der Waals surface area contributed by atoms with Gasteiger partial charge in [-0.2, -0.15) is 0 Å². The molecule has 5 rings (SSSR count). The Labute approximate surface area is 166 Å². The predicted octanol–water partition coefficient (Wildman–Crippen LogP) is 5.21. The van der Waals surface area contributed by atoms with E-state index in [1.807, 2.05) is 12.1 Å². The fraction of sp³-hybridized carbons (Fsp3) is 0.440. The number of pyridine rings is 1. The van der Waals surface area contributed by atoms with E-state index >= 15 is 0 Å². The lowest BCUT2D eigenvalue weighted by Crippen LogP contribution is -2.42. The highest BCUT2D eigenvalue weighted by atomic mass is 16.5. The zero-order valence-electron chi connectivity index (χ0n) is 16.7. The molecule has 1 aromatic heterocycles. The number of rotatable bonds is 2. The highest BCUT2D eigenvalue weighted by Crippen LogP contribution is 2.60. The number of ketones is 1. The summed E-state index contributed by atoms with van der Waals surface area (Å²) >= 11 is 0. The van der Waals surface area contributed by atoms with Crippen LogP contribution < -0.4 is 4.74 Å². The molecule has 1 aromatic carbocycles. The second-order valence-corrected chi connectivity index (χ2v) is 8.92. The number of ether oxygens (including phenoxy) is 1. The first kappa shape index (κ1) is 17.7. The molecule has 2 aromatic rings. The van der Waals surface area contributed by atoms with Gasteiger partial charge in [0.15, 0.2) is 5.78 Å². The van der Waals surface area contributed by atoms with Gasteiger partial charge in [0.05, 0.1) is 7.11 Å². The lowest BCUT2D eigenvalue weighted by atomic mass is 9.55. The summed E-state index contributed by atoms with van der Waals surface area (Å²) in [6.45, 7) is 2.23. The standard InChI is InChI=1S/C25H27NO2/c1-25-10-7-21-20-6-4-19(28-2)14-17(20)3-5-22(21)23(25)15-18(24(25)27)13-16-8-11-26-12-9-16/h4,6,8-9,11-14,21-23H,3,5,7,10,15H2,1-2H3/b18-13+. The SMILES string of the molecule is COc1ccc2c(c1)CCC1C2CCC2(C)C(=O)/C(=C/c3ccncc3)CC12. The van der Waals surface area contributed by atoms with Crippen LogP contribution in [0, 0.1) is 17.3 Å². The van der Waals surface area contributed by atoms with Crippen LogP contribution in [-0.4, -0.2) is 17.9 Å². The third-order valence-electron chi connectivity index (χ3n) is 7.62. The number of benzene rings is 1. The van der Waals surface area contributed by atoms with E-state index in [9.17, 15) is 4.79 Å². The van der Waals surface area contributed by atoms with Crippen LogP contribution in [0.2, 0.25) is 0 Å². The number of carbonyl (C=O) groups is 1. The molecule has 2 fully saturated rings. The Hall–Kier alpha value is -2.42. The first-order valence-corrected chi connectivity index (χ1v) is 10.4. The number of carbonyl (C=O) groups excluding carboxylic acids is 1. The molecule has 144 valence electrons. The van der Waals surface area contributed by atoms with Crippen LogP contribution in [0.5, 0.6) is 5.75 Å². The van der Waals surface area contributed by atoms with Crippen molar-refractivity contribution in [2.45, 2.75) is 44.9 Å². The molecular formula is C25H27NO2. The van der Waals surface area contributed by atoms with Crippen molar-refractivity contribution in [3.05, 3.63) is 65.0 Å². The summed E-state index contributed by atoms with van der Waals surface area (Å²) in [6.07, 6.45) is 11.0. The molecule has 0 spiro atoms. The number of hydrogen-bond donors (Lipinski definition) is 0. The van der Waals surface area contributed by atoms with Gasteiger partial charge in [-0.05, 0) is 102 Å². The van der Waals surface area contributed by atoms with E-state index in [0.717, 1.165) is 42.6 Å². The van der Waals surface area contributed by atoms with Gasteiger partial charge in [0.25, 0.3) is 0 Å². The quantitative estimate of drug-likeness (QED) is 0.679. The molecule has 0 saturated heterocycles. The van der Waals surface area contributed by atoms with E-state index in [1.54, 1.807) is 19.5 Å². The van der Waals surface area contributed by atoms with E-state index in [-0.39, 0.29) is 5.41 Å². The number of aryl methyl sites for hydroxylation is 1. The predicted molar refractivity (Wildman–Crippen MR) is 110 cm³/mol. The Balaban J connectivity index is 1.48. The topological polar surface area (TPSA) is 39.2 Å². The van der Waals surface area contributed by atoms with Crippen molar-refractivity contribution >= 4 is 11.9 Å². The Morgan fingerprint density at radius 1 is 1.18 bits per heavy atom. The third-order valence-corrected chi connectivity index (χ3v) is 7.62. The fourth-order valence-electron chi connectivity index (χ4n) is 6.15. The summed E-state index contributed by atoms with van der Waals surface area (Å²) in [7, 11) is 1.74. The van der Waals surface area contributed by atoms with Crippen LogP contribution in [0.1, 0.15) is 55.2 Å². The van der Waals surface area contributed by atoms with Crippen molar-refractivity contribution < 1.29 is 9.53 Å². The highest BCUT2D eigenvalue weighted by Gasteiger charge is 2.56. The van der Waals surface area contributed by atoms with Crippen molar-refractivity contribution in [2.24, 2.45) is 17.3 Å². The molecule has 3 aliphatic rings. The van der Waals surface area contributed by atoms with Gasteiger partial charge >= 0.3 is 0 Å². The highest BCUT2D eigenvalue weighted by molar-refractivity contribution is 6.05. The molecule has 0 N–H and O–H groups in total. The summed E-state index contributed by atoms with van der Waals surface area (Å²) in [4.78, 5) is 17.5. The zero-order chi connectivity index (χ0) is 19.3. The number of nitrogens with zero attached hydrogens (tertiary/aromatic N) is 1. The van der Waals surface area contributed by atoms with E-state index < -0.39 is 0 Å². The molecule has 2 saturated carbocycles. The van der Waals surface area contributed by atoms with Crippen LogP contribution in [0.25, 0.3) is 6.08 Å². The molecule has 1 heterocycles. The zero-order valence-corrected chi connectivity index (χ0v) is 16.7. The number of Topliss-reactive ketones (excluding diaryl/α,β-unsaturated/α-hetero) is 1. The number of fused-ring (bicyclic) bond motifs is 5. The maximum Gasteiger partial charge on any atom is 0.165 e. The molecule has 4 unspecified atom stereocenters. The van der Waals surface area contributed by atoms with Gasteiger partial charge in [-0.25, -0.2) is 0 Å². The lowest BCUT2D eigenvalue weighted by Gasteiger charge is -2.48. The summed E-state index contributed by atoms with van der Waals surface area (Å²) < 4.78 is 5.43. The molecule has 0 radical (unpaired) electrons. The minimum atomic E-state index is -0.190. The van der Waals surface area contributed by atoms with Crippen molar-refractivity contribution in [3.63, 3.8) is 0 Å². The average molecular weight is 373 g/mol. The molecule has 3 aliphatic carbocycles. The largest absolute Gasteiger partial charge is 0.497 e. The van der Waals surface area contributed by atoms with E-state index in [2.05, 4.69) is 36.2 Å². The van der Waals surface area contributed by atoms with Gasteiger partial charge in [-0.15, -0.1) is 0 Å². The summed E-state index contributed by atoms with van der Waals surface area (Å²) in [6, 6.07) is 10.6. The van der Waals surface area contributed by atoms with Crippen LogP contribution in [0.3, 0.4) is 0 Å². The first-order chi connectivity index (χ1) is 13.6. The molecule has 0 aliphatic heterocycles. The second kappa shape index (κ2) is 6.58. The Morgan fingerprint density at radius 3 is 2.79 bits per heavy atom. The van der Waals surface area contributed by atoms with Crippen LogP contribution in [0.15, 0.2) is 48.3 Å². The van der Waals surface area contributed by atoms with E-state index in [4.69, 9.17) is 4.74 Å². The fourth-order valence-corrected chi connectivity index (χ4v) is 6.15.